The standard InChI is InChI=1S/C25H27N3O3S/c1-2-31-25(30)21-5-3-17(4-6-21)16-27-24(29)23-15-22(28-32-23)20-9-7-18(8-10-20)19-11-13-26-14-12-19/h7-15,17,21H,2-6,16H2,1H3,(H,27,29). The summed E-state index contributed by atoms with van der Waals surface area (Å²) in [5.41, 5.74) is 4.01. The average Bonchev–Trinajstić information content (AvgIpc) is 3.34. The molecular formula is C25H27N3O3S. The van der Waals surface area contributed by atoms with Crippen LogP contribution in [0.15, 0.2) is 54.9 Å². The summed E-state index contributed by atoms with van der Waals surface area (Å²) in [6, 6.07) is 13.9. The normalized spacial score (nSPS) is 18.2. The Labute approximate surface area is 192 Å². The molecule has 166 valence electrons. The van der Waals surface area contributed by atoms with Crippen molar-refractivity contribution in [2.75, 3.05) is 13.2 Å². The van der Waals surface area contributed by atoms with Crippen LogP contribution in [0.1, 0.15) is 42.3 Å². The third-order valence-electron chi connectivity index (χ3n) is 5.95. The molecule has 3 aromatic rings. The van der Waals surface area contributed by atoms with Gasteiger partial charge in [0.25, 0.3) is 5.91 Å². The van der Waals surface area contributed by atoms with Crippen LogP contribution in [0.25, 0.3) is 22.4 Å². The zero-order chi connectivity index (χ0) is 22.3. The molecule has 0 atom stereocenters. The predicted molar refractivity (Wildman–Crippen MR) is 125 cm³/mol. The molecule has 6 nitrogen and oxygen atoms in total. The largest absolute Gasteiger partial charge is 0.466 e. The maximum Gasteiger partial charge on any atom is 0.308 e. The Morgan fingerprint density at radius 2 is 1.66 bits per heavy atom. The van der Waals surface area contributed by atoms with Crippen molar-refractivity contribution in [3.8, 4) is 22.4 Å². The van der Waals surface area contributed by atoms with Crippen molar-refractivity contribution in [3.63, 3.8) is 0 Å². The molecule has 32 heavy (non-hydrogen) atoms. The lowest BCUT2D eigenvalue weighted by Gasteiger charge is -2.27. The molecule has 1 aliphatic rings. The van der Waals surface area contributed by atoms with Gasteiger partial charge in [-0.25, -0.2) is 0 Å². The van der Waals surface area contributed by atoms with Crippen molar-refractivity contribution in [2.24, 2.45) is 11.8 Å². The van der Waals surface area contributed by atoms with Crippen LogP contribution in [0.4, 0.5) is 0 Å². The first-order valence-corrected chi connectivity index (χ1v) is 11.8. The van der Waals surface area contributed by atoms with Crippen molar-refractivity contribution in [1.82, 2.24) is 14.7 Å². The van der Waals surface area contributed by atoms with E-state index in [1.54, 1.807) is 12.4 Å². The van der Waals surface area contributed by atoms with Gasteiger partial charge in [0.2, 0.25) is 0 Å². The van der Waals surface area contributed by atoms with Crippen LogP contribution in [0.3, 0.4) is 0 Å². The second-order valence-corrected chi connectivity index (χ2v) is 8.87. The molecule has 2 heterocycles. The van der Waals surface area contributed by atoms with Crippen LogP contribution in [-0.4, -0.2) is 34.4 Å². The fourth-order valence-electron chi connectivity index (χ4n) is 4.08. The summed E-state index contributed by atoms with van der Waals surface area (Å²) in [6.45, 7) is 2.89. The first-order valence-electron chi connectivity index (χ1n) is 11.1. The summed E-state index contributed by atoms with van der Waals surface area (Å²) in [4.78, 5) is 29.1. The number of nitrogens with one attached hydrogen (secondary N) is 1. The third kappa shape index (κ3) is 5.40. The van der Waals surface area contributed by atoms with E-state index >= 15 is 0 Å². The van der Waals surface area contributed by atoms with E-state index in [9.17, 15) is 9.59 Å². The minimum absolute atomic E-state index is 0.0101. The number of rotatable bonds is 7. The number of amides is 1. The van der Waals surface area contributed by atoms with Crippen LogP contribution in [0, 0.1) is 11.8 Å². The van der Waals surface area contributed by atoms with Crippen LogP contribution in [0.5, 0.6) is 0 Å². The van der Waals surface area contributed by atoms with Gasteiger partial charge in [-0.15, -0.1) is 0 Å². The highest BCUT2D eigenvalue weighted by Gasteiger charge is 2.27. The molecule has 1 aromatic carbocycles. The van der Waals surface area contributed by atoms with Gasteiger partial charge in [0.15, 0.2) is 0 Å². The number of pyridine rings is 1. The number of aromatic nitrogens is 2. The lowest BCUT2D eigenvalue weighted by Crippen LogP contribution is -2.32. The number of carbonyl (C=O) groups is 2. The maximum absolute atomic E-state index is 12.6. The Morgan fingerprint density at radius 1 is 1.00 bits per heavy atom. The number of hydrogen-bond acceptors (Lipinski definition) is 6. The average molecular weight is 450 g/mol. The Hall–Kier alpha value is -3.06. The zero-order valence-corrected chi connectivity index (χ0v) is 18.9. The van der Waals surface area contributed by atoms with E-state index in [1.165, 1.54) is 11.5 Å². The van der Waals surface area contributed by atoms with E-state index < -0.39 is 0 Å². The topological polar surface area (TPSA) is 81.2 Å². The van der Waals surface area contributed by atoms with Gasteiger partial charge in [-0.1, -0.05) is 24.3 Å². The van der Waals surface area contributed by atoms with Gasteiger partial charge in [0.1, 0.15) is 4.88 Å². The summed E-state index contributed by atoms with van der Waals surface area (Å²) in [5.74, 6) is 0.240. The first-order chi connectivity index (χ1) is 15.6. The van der Waals surface area contributed by atoms with E-state index in [-0.39, 0.29) is 17.8 Å². The molecule has 4 rings (SSSR count). The SMILES string of the molecule is CCOC(=O)C1CCC(CNC(=O)c2cc(-c3ccc(-c4ccncc4)cc3)ns2)CC1. The van der Waals surface area contributed by atoms with E-state index in [2.05, 4.69) is 26.8 Å². The minimum atomic E-state index is -0.0883. The number of nitrogens with zero attached hydrogens (tertiary/aromatic N) is 2. The zero-order valence-electron chi connectivity index (χ0n) is 18.1. The quantitative estimate of drug-likeness (QED) is 0.515. The van der Waals surface area contributed by atoms with Crippen LogP contribution in [0.2, 0.25) is 0 Å². The van der Waals surface area contributed by atoms with Crippen LogP contribution in [-0.2, 0) is 9.53 Å². The molecule has 7 heteroatoms. The van der Waals surface area contributed by atoms with E-state index in [0.29, 0.717) is 23.9 Å². The van der Waals surface area contributed by atoms with Gasteiger partial charge in [-0.2, -0.15) is 4.37 Å². The van der Waals surface area contributed by atoms with E-state index in [0.717, 1.165) is 48.1 Å². The highest BCUT2D eigenvalue weighted by Crippen LogP contribution is 2.30. The minimum Gasteiger partial charge on any atom is -0.466 e. The molecule has 0 saturated heterocycles. The van der Waals surface area contributed by atoms with Crippen molar-refractivity contribution in [2.45, 2.75) is 32.6 Å². The fraction of sp³-hybridized carbons (Fsp3) is 0.360. The third-order valence-corrected chi connectivity index (χ3v) is 6.73. The van der Waals surface area contributed by atoms with Crippen molar-refractivity contribution in [3.05, 3.63) is 59.7 Å². The molecule has 1 saturated carbocycles. The number of ether oxygens (including phenoxy) is 1. The van der Waals surface area contributed by atoms with Crippen molar-refractivity contribution >= 4 is 23.4 Å². The van der Waals surface area contributed by atoms with Crippen LogP contribution >= 0.6 is 11.5 Å². The van der Waals surface area contributed by atoms with Crippen LogP contribution < -0.4 is 5.32 Å². The molecular weight excluding hydrogens is 422 g/mol. The summed E-state index contributed by atoms with van der Waals surface area (Å²) in [6.07, 6.45) is 7.09. The second-order valence-electron chi connectivity index (χ2n) is 8.07. The molecule has 0 unspecified atom stereocenters. The van der Waals surface area contributed by atoms with Gasteiger partial charge < -0.3 is 10.1 Å². The molecule has 0 radical (unpaired) electrons. The highest BCUT2D eigenvalue weighted by atomic mass is 32.1. The molecule has 0 aliphatic heterocycles. The van der Waals surface area contributed by atoms with Gasteiger partial charge in [0, 0.05) is 24.5 Å². The highest BCUT2D eigenvalue weighted by molar-refractivity contribution is 7.08. The molecule has 0 bridgehead atoms. The number of esters is 1. The monoisotopic (exact) mass is 449 g/mol. The molecule has 2 aromatic heterocycles. The first kappa shape index (κ1) is 22.1. The molecule has 1 aliphatic carbocycles. The molecule has 1 amide bonds. The summed E-state index contributed by atoms with van der Waals surface area (Å²) < 4.78 is 9.59. The lowest BCUT2D eigenvalue weighted by molar-refractivity contribution is -0.149. The van der Waals surface area contributed by atoms with Gasteiger partial charge in [-0.05, 0) is 79.4 Å². The smallest absolute Gasteiger partial charge is 0.308 e. The predicted octanol–water partition coefficient (Wildman–Crippen LogP) is 4.97. The van der Waals surface area contributed by atoms with Crippen molar-refractivity contribution < 1.29 is 14.3 Å². The Kier molecular flexibility index (Phi) is 7.27. The van der Waals surface area contributed by atoms with E-state index in [1.807, 2.05) is 37.3 Å². The molecule has 0 spiro atoms. The summed E-state index contributed by atoms with van der Waals surface area (Å²) in [7, 11) is 0. The lowest BCUT2D eigenvalue weighted by atomic mass is 9.82. The Bertz CT molecular complexity index is 1040. The van der Waals surface area contributed by atoms with Crippen molar-refractivity contribution in [1.29, 1.82) is 0 Å². The maximum atomic E-state index is 12.6. The number of carbonyl (C=O) groups excluding carboxylic acids is 2. The fourth-order valence-corrected chi connectivity index (χ4v) is 4.76. The summed E-state index contributed by atoms with van der Waals surface area (Å²) in [5, 5.41) is 3.04. The number of hydrogen-bond donors (Lipinski definition) is 1. The second kappa shape index (κ2) is 10.5. The molecule has 1 N–H and O–H groups in total. The van der Waals surface area contributed by atoms with Gasteiger partial charge in [-0.3, -0.25) is 14.6 Å². The molecule has 1 fully saturated rings. The summed E-state index contributed by atoms with van der Waals surface area (Å²) >= 11 is 1.22. The van der Waals surface area contributed by atoms with Gasteiger partial charge >= 0.3 is 5.97 Å². The van der Waals surface area contributed by atoms with E-state index in [4.69, 9.17) is 4.74 Å². The number of benzene rings is 1. The Morgan fingerprint density at radius 3 is 2.34 bits per heavy atom. The van der Waals surface area contributed by atoms with Gasteiger partial charge in [0.05, 0.1) is 18.2 Å². The Balaban J connectivity index is 1.29.